The molecule has 0 spiro atoms. The number of aromatic nitrogens is 1. The Hall–Kier alpha value is -8.46. The van der Waals surface area contributed by atoms with E-state index in [4.69, 9.17) is 0 Å². The SMILES string of the molecule is c1cc(N(c2ccc(-c3ccc(-c4ccc5ccccc5c4)cc3)cc2)c2ccc(-c3ccc(-c4cccc5ccccc45)cc3)cc2)cc(-n2c3ccccc3c3ccccc32)c1. The summed E-state index contributed by atoms with van der Waals surface area (Å²) in [5.41, 5.74) is 16.4. The van der Waals surface area contributed by atoms with Gasteiger partial charge in [-0.25, -0.2) is 0 Å². The number of hydrogen-bond acceptors (Lipinski definition) is 1. The van der Waals surface area contributed by atoms with Crippen molar-refractivity contribution < 1.29 is 0 Å². The van der Waals surface area contributed by atoms with E-state index in [1.807, 2.05) is 0 Å². The predicted octanol–water partition coefficient (Wildman–Crippen LogP) is 17.2. The van der Waals surface area contributed by atoms with Crippen molar-refractivity contribution in [3.05, 3.63) is 255 Å². The molecule has 0 aliphatic rings. The summed E-state index contributed by atoms with van der Waals surface area (Å²) in [5.74, 6) is 0. The van der Waals surface area contributed by atoms with Gasteiger partial charge in [0.15, 0.2) is 0 Å². The van der Waals surface area contributed by atoms with Gasteiger partial charge < -0.3 is 9.47 Å². The Morgan fingerprint density at radius 2 is 0.688 bits per heavy atom. The second-order valence-corrected chi connectivity index (χ2v) is 16.6. The van der Waals surface area contributed by atoms with Crippen LogP contribution in [0.25, 0.3) is 93.5 Å². The molecule has 12 aromatic rings. The Bertz CT molecular complexity index is 3580. The predicted molar refractivity (Wildman–Crippen MR) is 272 cm³/mol. The van der Waals surface area contributed by atoms with Crippen molar-refractivity contribution in [3.63, 3.8) is 0 Å². The molecule has 12 rings (SSSR count). The number of hydrogen-bond donors (Lipinski definition) is 0. The molecular formula is C62H42N2. The first kappa shape index (κ1) is 37.3. The second kappa shape index (κ2) is 15.8. The van der Waals surface area contributed by atoms with E-state index in [9.17, 15) is 0 Å². The van der Waals surface area contributed by atoms with Crippen molar-refractivity contribution in [2.24, 2.45) is 0 Å². The smallest absolute Gasteiger partial charge is 0.0541 e. The van der Waals surface area contributed by atoms with Crippen LogP contribution in [0.1, 0.15) is 0 Å². The number of rotatable bonds is 8. The van der Waals surface area contributed by atoms with Gasteiger partial charge in [-0.15, -0.1) is 0 Å². The Labute approximate surface area is 373 Å². The zero-order valence-electron chi connectivity index (χ0n) is 35.1. The van der Waals surface area contributed by atoms with Crippen molar-refractivity contribution in [2.45, 2.75) is 0 Å². The van der Waals surface area contributed by atoms with Crippen molar-refractivity contribution in [3.8, 4) is 50.2 Å². The molecule has 0 amide bonds. The Kier molecular flexibility index (Phi) is 9.20. The summed E-state index contributed by atoms with van der Waals surface area (Å²) < 4.78 is 2.39. The first-order valence-corrected chi connectivity index (χ1v) is 22.0. The lowest BCUT2D eigenvalue weighted by Gasteiger charge is -2.26. The summed E-state index contributed by atoms with van der Waals surface area (Å²) in [4.78, 5) is 2.37. The normalized spacial score (nSPS) is 11.4. The molecule has 0 fully saturated rings. The quantitative estimate of drug-likeness (QED) is 0.148. The minimum atomic E-state index is 1.08. The molecule has 0 N–H and O–H groups in total. The van der Waals surface area contributed by atoms with Gasteiger partial charge in [-0.3, -0.25) is 0 Å². The lowest BCUT2D eigenvalue weighted by molar-refractivity contribution is 1.17. The van der Waals surface area contributed by atoms with E-state index in [2.05, 4.69) is 264 Å². The van der Waals surface area contributed by atoms with E-state index in [1.54, 1.807) is 0 Å². The summed E-state index contributed by atoms with van der Waals surface area (Å²) >= 11 is 0. The number of para-hydroxylation sites is 2. The molecule has 0 radical (unpaired) electrons. The van der Waals surface area contributed by atoms with Gasteiger partial charge in [0.2, 0.25) is 0 Å². The van der Waals surface area contributed by atoms with Crippen LogP contribution >= 0.6 is 0 Å². The molecule has 0 atom stereocenters. The second-order valence-electron chi connectivity index (χ2n) is 16.6. The molecule has 300 valence electrons. The van der Waals surface area contributed by atoms with Crippen LogP contribution < -0.4 is 4.90 Å². The first-order valence-electron chi connectivity index (χ1n) is 22.0. The molecule has 11 aromatic carbocycles. The lowest BCUT2D eigenvalue weighted by Crippen LogP contribution is -2.10. The largest absolute Gasteiger partial charge is 0.310 e. The summed E-state index contributed by atoms with van der Waals surface area (Å²) in [5, 5.41) is 7.54. The van der Waals surface area contributed by atoms with Gasteiger partial charge in [-0.05, 0) is 127 Å². The van der Waals surface area contributed by atoms with Crippen LogP contribution in [0.2, 0.25) is 0 Å². The number of benzene rings is 11. The van der Waals surface area contributed by atoms with Crippen molar-refractivity contribution in [1.82, 2.24) is 4.57 Å². The molecule has 2 nitrogen and oxygen atoms in total. The monoisotopic (exact) mass is 814 g/mol. The molecule has 1 aromatic heterocycles. The molecule has 64 heavy (non-hydrogen) atoms. The van der Waals surface area contributed by atoms with Gasteiger partial charge in [0.05, 0.1) is 11.0 Å². The highest BCUT2D eigenvalue weighted by atomic mass is 15.1. The average molecular weight is 815 g/mol. The van der Waals surface area contributed by atoms with E-state index in [0.29, 0.717) is 0 Å². The zero-order valence-corrected chi connectivity index (χ0v) is 35.1. The van der Waals surface area contributed by atoms with Crippen molar-refractivity contribution in [2.75, 3.05) is 4.90 Å². The Morgan fingerprint density at radius 3 is 1.30 bits per heavy atom. The van der Waals surface area contributed by atoms with E-state index < -0.39 is 0 Å². The van der Waals surface area contributed by atoms with Crippen LogP contribution in [0.15, 0.2) is 255 Å². The minimum absolute atomic E-state index is 1.08. The van der Waals surface area contributed by atoms with Crippen LogP contribution in [0.4, 0.5) is 17.1 Å². The third-order valence-electron chi connectivity index (χ3n) is 12.8. The molecule has 0 aliphatic carbocycles. The van der Waals surface area contributed by atoms with Gasteiger partial charge in [0.1, 0.15) is 0 Å². The maximum atomic E-state index is 2.39. The number of fused-ring (bicyclic) bond motifs is 5. The molecule has 2 heteroatoms. The highest BCUT2D eigenvalue weighted by molar-refractivity contribution is 6.09. The Morgan fingerprint density at radius 1 is 0.250 bits per heavy atom. The summed E-state index contributed by atoms with van der Waals surface area (Å²) in [6.07, 6.45) is 0. The van der Waals surface area contributed by atoms with E-state index in [0.717, 1.165) is 22.7 Å². The van der Waals surface area contributed by atoms with E-state index >= 15 is 0 Å². The fourth-order valence-corrected chi connectivity index (χ4v) is 9.57. The van der Waals surface area contributed by atoms with Gasteiger partial charge in [0, 0.05) is 33.5 Å². The molecule has 0 aliphatic heterocycles. The van der Waals surface area contributed by atoms with Gasteiger partial charge in [-0.2, -0.15) is 0 Å². The van der Waals surface area contributed by atoms with E-state index in [-0.39, 0.29) is 0 Å². The molecule has 1 heterocycles. The fraction of sp³-hybridized carbons (Fsp3) is 0. The minimum Gasteiger partial charge on any atom is -0.310 e. The topological polar surface area (TPSA) is 8.17 Å². The van der Waals surface area contributed by atoms with Crippen LogP contribution in [0.3, 0.4) is 0 Å². The van der Waals surface area contributed by atoms with Crippen molar-refractivity contribution >= 4 is 60.4 Å². The van der Waals surface area contributed by atoms with E-state index in [1.165, 1.54) is 87.9 Å². The summed E-state index contributed by atoms with van der Waals surface area (Å²) in [6, 6.07) is 92.6. The van der Waals surface area contributed by atoms with Gasteiger partial charge in [-0.1, -0.05) is 194 Å². The lowest BCUT2D eigenvalue weighted by atomic mass is 9.96. The molecule has 0 unspecified atom stereocenters. The van der Waals surface area contributed by atoms with Gasteiger partial charge >= 0.3 is 0 Å². The van der Waals surface area contributed by atoms with Crippen LogP contribution in [-0.2, 0) is 0 Å². The molecule has 0 saturated heterocycles. The van der Waals surface area contributed by atoms with Crippen LogP contribution in [0.5, 0.6) is 0 Å². The van der Waals surface area contributed by atoms with Crippen molar-refractivity contribution in [1.29, 1.82) is 0 Å². The van der Waals surface area contributed by atoms with Gasteiger partial charge in [0.25, 0.3) is 0 Å². The molecular weight excluding hydrogens is 773 g/mol. The first-order chi connectivity index (χ1) is 31.7. The maximum absolute atomic E-state index is 2.39. The maximum Gasteiger partial charge on any atom is 0.0541 e. The molecule has 0 bridgehead atoms. The Balaban J connectivity index is 0.904. The number of nitrogens with zero attached hydrogens (tertiary/aromatic N) is 2. The third kappa shape index (κ3) is 6.70. The summed E-state index contributed by atoms with van der Waals surface area (Å²) in [6.45, 7) is 0. The molecule has 0 saturated carbocycles. The summed E-state index contributed by atoms with van der Waals surface area (Å²) in [7, 11) is 0. The average Bonchev–Trinajstić information content (AvgIpc) is 3.71. The van der Waals surface area contributed by atoms with Crippen LogP contribution in [0, 0.1) is 0 Å². The highest BCUT2D eigenvalue weighted by Gasteiger charge is 2.17. The third-order valence-corrected chi connectivity index (χ3v) is 12.8. The standard InChI is InChI=1S/C62H42N2/c1-2-13-51-41-52(32-29-43(51)11-1)48-25-23-44(24-26-48)46-33-37-53(38-34-46)63(55-15-10-16-56(42-55)64-61-21-7-5-18-59(61)60-19-6-8-22-62(60)64)54-39-35-47(36-40-54)45-27-30-50(31-28-45)58-20-9-14-49-12-3-4-17-57(49)58/h1-42H. The van der Waals surface area contributed by atoms with Crippen LogP contribution in [-0.4, -0.2) is 4.57 Å². The fourth-order valence-electron chi connectivity index (χ4n) is 9.57. The highest BCUT2D eigenvalue weighted by Crippen LogP contribution is 2.40. The number of anilines is 3. The zero-order chi connectivity index (χ0) is 42.4.